The number of fused-ring (bicyclic) bond motifs is 1. The molecule has 7 nitrogen and oxygen atoms in total. The molecule has 32 heavy (non-hydrogen) atoms. The molecule has 0 bridgehead atoms. The van der Waals surface area contributed by atoms with E-state index in [2.05, 4.69) is 26.2 Å². The number of pyridine rings is 1. The highest BCUT2D eigenvalue weighted by molar-refractivity contribution is 9.10. The lowest BCUT2D eigenvalue weighted by molar-refractivity contribution is 0.0954. The normalized spacial score (nSPS) is 10.3. The first kappa shape index (κ1) is 25.8. The molecular formula is C21H19BrCl2N4O3S. The number of hydrogen-bond donors (Lipinski definition) is 1. The van der Waals surface area contributed by atoms with Crippen LogP contribution >= 0.6 is 52.1 Å². The summed E-state index contributed by atoms with van der Waals surface area (Å²) in [5.41, 5.74) is 1.37. The Balaban J connectivity index is 0.00000181. The predicted molar refractivity (Wildman–Crippen MR) is 134 cm³/mol. The molecule has 1 N–H and O–H groups in total. The third-order valence-electron chi connectivity index (χ3n) is 4.68. The van der Waals surface area contributed by atoms with E-state index < -0.39 is 5.69 Å². The second kappa shape index (κ2) is 10.9. The van der Waals surface area contributed by atoms with Crippen LogP contribution < -0.4 is 16.6 Å². The topological polar surface area (TPSA) is 85.5 Å². The van der Waals surface area contributed by atoms with Gasteiger partial charge in [-0.2, -0.15) is 0 Å². The minimum atomic E-state index is -0.465. The zero-order valence-corrected chi connectivity index (χ0v) is 20.8. The molecular weight excluding hydrogens is 539 g/mol. The molecule has 0 radical (unpaired) electrons. The molecule has 4 aromatic rings. The Morgan fingerprint density at radius 2 is 1.72 bits per heavy atom. The van der Waals surface area contributed by atoms with Crippen molar-refractivity contribution < 1.29 is 4.79 Å². The summed E-state index contributed by atoms with van der Waals surface area (Å²) in [7, 11) is 0. The average molecular weight is 558 g/mol. The van der Waals surface area contributed by atoms with Crippen molar-refractivity contribution in [2.24, 2.45) is 0 Å². The zero-order chi connectivity index (χ0) is 21.3. The number of nitrogens with one attached hydrogen (secondary N) is 1. The predicted octanol–water partition coefficient (Wildman–Crippen LogP) is 3.81. The lowest BCUT2D eigenvalue weighted by Gasteiger charge is -2.07. The van der Waals surface area contributed by atoms with Crippen molar-refractivity contribution in [3.05, 3.63) is 102 Å². The van der Waals surface area contributed by atoms with Gasteiger partial charge in [0.1, 0.15) is 9.71 Å². The molecule has 0 fully saturated rings. The highest BCUT2D eigenvalue weighted by Gasteiger charge is 2.17. The summed E-state index contributed by atoms with van der Waals surface area (Å²) in [6.45, 7) is 2.18. The van der Waals surface area contributed by atoms with E-state index in [1.807, 2.05) is 36.4 Å². The van der Waals surface area contributed by atoms with E-state index in [9.17, 15) is 14.4 Å². The molecule has 0 aliphatic heterocycles. The van der Waals surface area contributed by atoms with Crippen LogP contribution in [-0.2, 0) is 13.1 Å². The summed E-state index contributed by atoms with van der Waals surface area (Å²) in [5, 5.41) is 2.83. The van der Waals surface area contributed by atoms with Gasteiger partial charge in [-0.15, -0.1) is 36.2 Å². The van der Waals surface area contributed by atoms with Crippen molar-refractivity contribution in [2.75, 3.05) is 0 Å². The van der Waals surface area contributed by atoms with E-state index >= 15 is 0 Å². The van der Waals surface area contributed by atoms with Crippen LogP contribution in [0.1, 0.15) is 26.4 Å². The van der Waals surface area contributed by atoms with Gasteiger partial charge in [0, 0.05) is 35.2 Å². The number of carbonyl (C=O) groups is 1. The summed E-state index contributed by atoms with van der Waals surface area (Å²) >= 11 is 4.51. The second-order valence-corrected chi connectivity index (χ2v) is 8.68. The van der Waals surface area contributed by atoms with Crippen molar-refractivity contribution in [1.29, 1.82) is 0 Å². The number of halogens is 3. The molecule has 0 saturated heterocycles. The first-order valence-corrected chi connectivity index (χ1v) is 10.7. The van der Waals surface area contributed by atoms with Crippen LogP contribution in [0.15, 0.2) is 69.1 Å². The van der Waals surface area contributed by atoms with Gasteiger partial charge in [-0.05, 0) is 42.3 Å². The van der Waals surface area contributed by atoms with Crippen LogP contribution in [0.3, 0.4) is 0 Å². The first-order valence-electron chi connectivity index (χ1n) is 9.11. The van der Waals surface area contributed by atoms with Crippen LogP contribution in [0.2, 0.25) is 0 Å². The van der Waals surface area contributed by atoms with Crippen molar-refractivity contribution in [3.8, 4) is 0 Å². The number of rotatable bonds is 5. The molecule has 0 aliphatic rings. The van der Waals surface area contributed by atoms with E-state index in [0.29, 0.717) is 21.8 Å². The van der Waals surface area contributed by atoms with Crippen molar-refractivity contribution in [3.63, 3.8) is 0 Å². The minimum absolute atomic E-state index is 0. The summed E-state index contributed by atoms with van der Waals surface area (Å²) in [5.74, 6) is -0.300. The molecule has 0 unspecified atom stereocenters. The van der Waals surface area contributed by atoms with Gasteiger partial charge in [-0.25, -0.2) is 4.79 Å². The van der Waals surface area contributed by atoms with E-state index in [1.165, 1.54) is 15.2 Å². The highest BCUT2D eigenvalue weighted by Crippen LogP contribution is 2.18. The number of carbonyl (C=O) groups excluding carboxylic acids is 1. The number of hydrogen-bond acceptors (Lipinski definition) is 5. The van der Waals surface area contributed by atoms with Crippen molar-refractivity contribution in [2.45, 2.75) is 20.0 Å². The molecule has 3 heterocycles. The minimum Gasteiger partial charge on any atom is -0.347 e. The Kier molecular flexibility index (Phi) is 8.80. The monoisotopic (exact) mass is 556 g/mol. The smallest absolute Gasteiger partial charge is 0.336 e. The molecule has 3 aromatic heterocycles. The van der Waals surface area contributed by atoms with Crippen molar-refractivity contribution >= 4 is 62.8 Å². The maximum absolute atomic E-state index is 13.0. The van der Waals surface area contributed by atoms with E-state index in [-0.39, 0.29) is 42.8 Å². The molecule has 0 atom stereocenters. The third kappa shape index (κ3) is 5.29. The van der Waals surface area contributed by atoms with Crippen LogP contribution in [0.25, 0.3) is 4.83 Å². The van der Waals surface area contributed by atoms with Gasteiger partial charge in [0.05, 0.1) is 6.54 Å². The SMILES string of the molecule is Cc1c(=O)n(Cc2ccc(Br)cc2)c(=O)n2cc(C(=O)NCc3ccncc3)sc12.Cl.Cl. The Bertz CT molecular complexity index is 1350. The van der Waals surface area contributed by atoms with E-state index in [1.54, 1.807) is 19.3 Å². The lowest BCUT2D eigenvalue weighted by atomic mass is 10.2. The molecule has 1 aromatic carbocycles. The average Bonchev–Trinajstić information content (AvgIpc) is 3.21. The number of amides is 1. The summed E-state index contributed by atoms with van der Waals surface area (Å²) in [6, 6.07) is 11.1. The summed E-state index contributed by atoms with van der Waals surface area (Å²) < 4.78 is 3.49. The van der Waals surface area contributed by atoms with Gasteiger partial charge < -0.3 is 5.32 Å². The third-order valence-corrected chi connectivity index (χ3v) is 6.41. The van der Waals surface area contributed by atoms with Gasteiger partial charge in [0.2, 0.25) is 0 Å². The standard InChI is InChI=1S/C21H17BrN4O3S.2ClH/c1-13-19(28)25(11-15-2-4-16(22)5-3-15)21(29)26-12-17(30-20(13)26)18(27)24-10-14-6-8-23-9-7-14;;/h2-9,12H,10-11H2,1H3,(H,24,27);2*1H. The van der Waals surface area contributed by atoms with Crippen molar-refractivity contribution in [1.82, 2.24) is 19.3 Å². The molecule has 0 spiro atoms. The van der Waals surface area contributed by atoms with Gasteiger partial charge >= 0.3 is 5.69 Å². The van der Waals surface area contributed by atoms with Crippen LogP contribution in [0, 0.1) is 6.92 Å². The van der Waals surface area contributed by atoms with E-state index in [4.69, 9.17) is 0 Å². The molecule has 11 heteroatoms. The van der Waals surface area contributed by atoms with Crippen LogP contribution in [0.5, 0.6) is 0 Å². The summed E-state index contributed by atoms with van der Waals surface area (Å²) in [4.78, 5) is 43.2. The van der Waals surface area contributed by atoms with Crippen LogP contribution in [0.4, 0.5) is 0 Å². The number of nitrogens with zero attached hydrogens (tertiary/aromatic N) is 3. The molecule has 0 aliphatic carbocycles. The Morgan fingerprint density at radius 1 is 1.06 bits per heavy atom. The zero-order valence-electron chi connectivity index (χ0n) is 16.8. The fourth-order valence-corrected chi connectivity index (χ4v) is 4.32. The second-order valence-electron chi connectivity index (χ2n) is 6.73. The molecule has 168 valence electrons. The Morgan fingerprint density at radius 3 is 2.38 bits per heavy atom. The quantitative estimate of drug-likeness (QED) is 0.404. The number of benzene rings is 1. The summed E-state index contributed by atoms with van der Waals surface area (Å²) in [6.07, 6.45) is 4.81. The highest BCUT2D eigenvalue weighted by atomic mass is 79.9. The van der Waals surface area contributed by atoms with Crippen LogP contribution in [-0.4, -0.2) is 19.9 Å². The molecule has 1 amide bonds. The maximum Gasteiger partial charge on any atom is 0.336 e. The number of thiazole rings is 1. The maximum atomic E-state index is 13.0. The fraction of sp³-hybridized carbons (Fsp3) is 0.143. The molecule has 0 saturated carbocycles. The first-order chi connectivity index (χ1) is 14.4. The largest absolute Gasteiger partial charge is 0.347 e. The van der Waals surface area contributed by atoms with Gasteiger partial charge in [-0.1, -0.05) is 28.1 Å². The van der Waals surface area contributed by atoms with Gasteiger partial charge in [-0.3, -0.25) is 23.5 Å². The van der Waals surface area contributed by atoms with Gasteiger partial charge in [0.15, 0.2) is 0 Å². The number of aryl methyl sites for hydroxylation is 1. The fourth-order valence-electron chi connectivity index (χ4n) is 3.05. The lowest BCUT2D eigenvalue weighted by Crippen LogP contribution is -2.38. The molecule has 4 rings (SSSR count). The Hall–Kier alpha value is -2.46. The Labute approximate surface area is 208 Å². The number of aromatic nitrogens is 3. The van der Waals surface area contributed by atoms with E-state index in [0.717, 1.165) is 26.9 Å². The van der Waals surface area contributed by atoms with Gasteiger partial charge in [0.25, 0.3) is 11.5 Å².